The Labute approximate surface area is 238 Å². The summed E-state index contributed by atoms with van der Waals surface area (Å²) >= 11 is 2.33. The number of β-lactam (4-membered cyclic amide) rings is 1. The van der Waals surface area contributed by atoms with Crippen molar-refractivity contribution >= 4 is 64.2 Å². The van der Waals surface area contributed by atoms with E-state index < -0.39 is 47.0 Å². The molecule has 3 atom stereocenters. The average Bonchev–Trinajstić information content (AvgIpc) is 3.35. The third-order valence-electron chi connectivity index (χ3n) is 5.50. The number of alkyl carbamates (subject to hydrolysis) is 1. The molecular weight excluding hydrogens is 564 g/mol. The second-order valence-electron chi connectivity index (χ2n) is 9.50. The lowest BCUT2D eigenvalue weighted by molar-refractivity contribution is -0.150. The summed E-state index contributed by atoms with van der Waals surface area (Å²) in [7, 11) is 0. The quantitative estimate of drug-likeness (QED) is 0.120. The van der Waals surface area contributed by atoms with Crippen LogP contribution in [-0.4, -0.2) is 86.4 Å². The number of anilines is 1. The SMILES string of the molecule is C=CC1=C(C(=O)O)N2C(=O)C(NC(=O)/C(=N/OC(CC)CNC(=O)OC(C)(C)C)c3csc(NC=O)n3)[C@H]2SC1. The summed E-state index contributed by atoms with van der Waals surface area (Å²) in [4.78, 5) is 71.7. The minimum Gasteiger partial charge on any atom is -0.477 e. The van der Waals surface area contributed by atoms with E-state index in [0.29, 0.717) is 24.2 Å². The van der Waals surface area contributed by atoms with Crippen LogP contribution in [0.3, 0.4) is 0 Å². The normalized spacial score (nSPS) is 19.6. The van der Waals surface area contributed by atoms with Gasteiger partial charge in [0.05, 0.1) is 6.54 Å². The molecule has 16 heteroatoms. The zero-order valence-corrected chi connectivity index (χ0v) is 23.9. The molecule has 0 radical (unpaired) electrons. The molecule has 2 unspecified atom stereocenters. The number of carboxylic acid groups (broad SMARTS) is 1. The van der Waals surface area contributed by atoms with Crippen molar-refractivity contribution in [1.29, 1.82) is 0 Å². The van der Waals surface area contributed by atoms with Gasteiger partial charge in [0.1, 0.15) is 34.5 Å². The van der Waals surface area contributed by atoms with Gasteiger partial charge in [0, 0.05) is 11.1 Å². The number of fused-ring (bicyclic) bond motifs is 1. The molecule has 0 saturated carbocycles. The van der Waals surface area contributed by atoms with E-state index in [4.69, 9.17) is 9.57 Å². The van der Waals surface area contributed by atoms with E-state index in [-0.39, 0.29) is 28.8 Å². The number of amides is 4. The van der Waals surface area contributed by atoms with E-state index in [1.807, 2.05) is 0 Å². The minimum atomic E-state index is -1.27. The smallest absolute Gasteiger partial charge is 0.407 e. The summed E-state index contributed by atoms with van der Waals surface area (Å²) in [5.74, 6) is -2.37. The van der Waals surface area contributed by atoms with Gasteiger partial charge in [-0.05, 0) is 32.8 Å². The van der Waals surface area contributed by atoms with Gasteiger partial charge >= 0.3 is 12.1 Å². The number of carbonyl (C=O) groups excluding carboxylic acids is 4. The molecule has 2 aliphatic heterocycles. The molecule has 1 fully saturated rings. The lowest BCUT2D eigenvalue weighted by atomic mass is 10.0. The van der Waals surface area contributed by atoms with Gasteiger partial charge in [-0.25, -0.2) is 14.6 Å². The molecule has 1 aromatic heterocycles. The van der Waals surface area contributed by atoms with Crippen molar-refractivity contribution in [3.63, 3.8) is 0 Å². The molecule has 1 aromatic rings. The summed E-state index contributed by atoms with van der Waals surface area (Å²) in [5.41, 5.74) is -0.655. The van der Waals surface area contributed by atoms with Crippen LogP contribution < -0.4 is 16.0 Å². The Morgan fingerprint density at radius 3 is 2.70 bits per heavy atom. The van der Waals surface area contributed by atoms with Gasteiger partial charge in [-0.1, -0.05) is 24.7 Å². The van der Waals surface area contributed by atoms with Crippen LogP contribution in [0.5, 0.6) is 0 Å². The molecule has 4 N–H and O–H groups in total. The van der Waals surface area contributed by atoms with Gasteiger partial charge in [0.25, 0.3) is 11.8 Å². The van der Waals surface area contributed by atoms with E-state index in [2.05, 4.69) is 32.7 Å². The van der Waals surface area contributed by atoms with Crippen LogP contribution in [0.1, 0.15) is 39.8 Å². The fraction of sp³-hybridized carbons (Fsp3) is 0.458. The van der Waals surface area contributed by atoms with E-state index in [1.165, 1.54) is 23.2 Å². The van der Waals surface area contributed by atoms with Crippen molar-refractivity contribution in [3.8, 4) is 0 Å². The topological polar surface area (TPSA) is 189 Å². The van der Waals surface area contributed by atoms with E-state index >= 15 is 0 Å². The maximum Gasteiger partial charge on any atom is 0.407 e. The number of hydrogen-bond acceptors (Lipinski definition) is 11. The number of aromatic nitrogens is 1. The van der Waals surface area contributed by atoms with E-state index in [0.717, 1.165) is 16.2 Å². The number of allylic oxidation sites excluding steroid dienone is 1. The monoisotopic (exact) mass is 594 g/mol. The molecule has 1 saturated heterocycles. The molecule has 216 valence electrons. The highest BCUT2D eigenvalue weighted by atomic mass is 32.2. The number of ether oxygens (including phenoxy) is 1. The highest BCUT2D eigenvalue weighted by molar-refractivity contribution is 8.00. The Bertz CT molecular complexity index is 1250. The molecule has 3 rings (SSSR count). The zero-order chi connectivity index (χ0) is 29.6. The van der Waals surface area contributed by atoms with Gasteiger partial charge < -0.3 is 30.6 Å². The number of oxime groups is 1. The third kappa shape index (κ3) is 7.18. The first-order valence-corrected chi connectivity index (χ1v) is 14.0. The molecule has 2 aliphatic rings. The average molecular weight is 595 g/mol. The highest BCUT2D eigenvalue weighted by Crippen LogP contribution is 2.40. The molecule has 40 heavy (non-hydrogen) atoms. The van der Waals surface area contributed by atoms with Crippen molar-refractivity contribution < 1.29 is 38.7 Å². The second kappa shape index (κ2) is 13.0. The van der Waals surface area contributed by atoms with Crippen molar-refractivity contribution in [2.24, 2.45) is 5.16 Å². The number of hydrogen-bond donors (Lipinski definition) is 4. The van der Waals surface area contributed by atoms with Crippen molar-refractivity contribution in [3.05, 3.63) is 35.0 Å². The first-order valence-electron chi connectivity index (χ1n) is 12.1. The standard InChI is InChI=1S/C24H30N6O8S2/c1-6-12-9-39-20-16(19(33)30(20)17(12)21(34)35)28-18(32)15(14-10-40-22(27-14)26-11-31)29-38-13(7-2)8-25-23(36)37-24(3,4)5/h6,10-11,13,16,20H,1,7-9H2,2-5H3,(H,25,36)(H,28,32)(H,34,35)(H,26,27,31)/b29-15+/t13?,16?,20-/m1/s1. The predicted octanol–water partition coefficient (Wildman–Crippen LogP) is 1.66. The number of nitrogens with zero attached hydrogens (tertiary/aromatic N) is 3. The number of carbonyl (C=O) groups is 5. The van der Waals surface area contributed by atoms with Gasteiger partial charge in [0.15, 0.2) is 10.8 Å². The molecular formula is C24H30N6O8S2. The van der Waals surface area contributed by atoms with Crippen molar-refractivity contribution in [2.45, 2.75) is 57.2 Å². The zero-order valence-electron chi connectivity index (χ0n) is 22.3. The lowest BCUT2D eigenvalue weighted by Crippen LogP contribution is -2.71. The van der Waals surface area contributed by atoms with E-state index in [1.54, 1.807) is 27.7 Å². The molecule has 14 nitrogen and oxygen atoms in total. The van der Waals surface area contributed by atoms with Gasteiger partial charge in [-0.3, -0.25) is 19.3 Å². The van der Waals surface area contributed by atoms with Gasteiger partial charge in [0.2, 0.25) is 6.41 Å². The van der Waals surface area contributed by atoms with Crippen LogP contribution in [0.4, 0.5) is 9.93 Å². The van der Waals surface area contributed by atoms with Crippen LogP contribution in [0.25, 0.3) is 0 Å². The summed E-state index contributed by atoms with van der Waals surface area (Å²) < 4.78 is 5.21. The van der Waals surface area contributed by atoms with Crippen molar-refractivity contribution in [1.82, 2.24) is 20.5 Å². The van der Waals surface area contributed by atoms with Crippen LogP contribution in [0.2, 0.25) is 0 Å². The number of thiazole rings is 1. The predicted molar refractivity (Wildman–Crippen MR) is 148 cm³/mol. The van der Waals surface area contributed by atoms with Crippen LogP contribution in [0.15, 0.2) is 34.5 Å². The molecule has 0 spiro atoms. The Morgan fingerprint density at radius 2 is 2.10 bits per heavy atom. The lowest BCUT2D eigenvalue weighted by Gasteiger charge is -2.49. The second-order valence-corrected chi connectivity index (χ2v) is 11.5. The van der Waals surface area contributed by atoms with E-state index in [9.17, 15) is 29.1 Å². The van der Waals surface area contributed by atoms with Gasteiger partial charge in [-0.2, -0.15) is 0 Å². The third-order valence-corrected chi connectivity index (χ3v) is 7.57. The maximum atomic E-state index is 13.3. The Hall–Kier alpha value is -3.92. The van der Waals surface area contributed by atoms with Crippen molar-refractivity contribution in [2.75, 3.05) is 17.6 Å². The highest BCUT2D eigenvalue weighted by Gasteiger charge is 2.54. The Kier molecular flexibility index (Phi) is 9.92. The molecule has 3 heterocycles. The van der Waals surface area contributed by atoms with Crippen LogP contribution in [0, 0.1) is 0 Å². The number of rotatable bonds is 12. The maximum absolute atomic E-state index is 13.3. The Balaban J connectivity index is 1.78. The molecule has 4 amide bonds. The summed E-state index contributed by atoms with van der Waals surface area (Å²) in [6, 6.07) is -1.02. The summed E-state index contributed by atoms with van der Waals surface area (Å²) in [6.45, 7) is 10.6. The molecule has 0 aliphatic carbocycles. The fourth-order valence-corrected chi connectivity index (χ4v) is 5.60. The molecule has 0 bridgehead atoms. The summed E-state index contributed by atoms with van der Waals surface area (Å²) in [6.07, 6.45) is 0.944. The fourth-order valence-electron chi connectivity index (χ4n) is 3.61. The Morgan fingerprint density at radius 1 is 1.38 bits per heavy atom. The number of carboxylic acids is 1. The first kappa shape index (κ1) is 30.6. The number of aliphatic carboxylic acids is 1. The summed E-state index contributed by atoms with van der Waals surface area (Å²) in [5, 5.41) is 22.2. The van der Waals surface area contributed by atoms with Crippen LogP contribution in [-0.2, 0) is 28.8 Å². The number of nitrogens with one attached hydrogen (secondary N) is 3. The van der Waals surface area contributed by atoms with Crippen LogP contribution >= 0.6 is 23.1 Å². The number of thioether (sulfide) groups is 1. The molecule has 0 aromatic carbocycles. The largest absolute Gasteiger partial charge is 0.477 e. The minimum absolute atomic E-state index is 0.0313. The first-order chi connectivity index (χ1) is 18.9. The van der Waals surface area contributed by atoms with Gasteiger partial charge in [-0.15, -0.1) is 23.1 Å².